The average Bonchev–Trinajstić information content (AvgIpc) is 2.61. The van der Waals surface area contributed by atoms with Gasteiger partial charge in [0.1, 0.15) is 0 Å². The van der Waals surface area contributed by atoms with E-state index in [1.165, 1.54) is 11.1 Å². The summed E-state index contributed by atoms with van der Waals surface area (Å²) in [6.45, 7) is 2.03. The quantitative estimate of drug-likeness (QED) is 0.905. The first-order valence-corrected chi connectivity index (χ1v) is 6.57. The van der Waals surface area contributed by atoms with Gasteiger partial charge in [0.15, 0.2) is 0 Å². The van der Waals surface area contributed by atoms with Gasteiger partial charge in [0.25, 0.3) is 0 Å². The molecule has 0 saturated heterocycles. The van der Waals surface area contributed by atoms with Crippen LogP contribution in [0.2, 0.25) is 0 Å². The van der Waals surface area contributed by atoms with Gasteiger partial charge in [-0.05, 0) is 42.5 Å². The Morgan fingerprint density at radius 3 is 3.12 bits per heavy atom. The monoisotopic (exact) mass is 281 g/mol. The molecule has 2 rings (SSSR count). The molecule has 1 N–H and O–H groups in total. The van der Waals surface area contributed by atoms with Crippen molar-refractivity contribution in [1.82, 2.24) is 5.32 Å². The van der Waals surface area contributed by atoms with Crippen molar-refractivity contribution in [2.75, 3.05) is 0 Å². The van der Waals surface area contributed by atoms with Crippen LogP contribution >= 0.6 is 15.9 Å². The standard InChI is InChI=1S/C13H16BrNO/c1-2-3-13(16)15-12-7-4-9-8-10(14)5-6-11(9)12/h5-6,8,12H,2-4,7H2,1H3,(H,15,16). The van der Waals surface area contributed by atoms with Crippen molar-refractivity contribution in [3.8, 4) is 0 Å². The maximum Gasteiger partial charge on any atom is 0.220 e. The number of amides is 1. The number of benzene rings is 1. The minimum absolute atomic E-state index is 0.170. The van der Waals surface area contributed by atoms with E-state index < -0.39 is 0 Å². The molecule has 0 saturated carbocycles. The van der Waals surface area contributed by atoms with Crippen LogP contribution in [-0.2, 0) is 11.2 Å². The number of carbonyl (C=O) groups excluding carboxylic acids is 1. The van der Waals surface area contributed by atoms with Crippen LogP contribution in [0.4, 0.5) is 0 Å². The normalized spacial score (nSPS) is 18.2. The van der Waals surface area contributed by atoms with E-state index in [9.17, 15) is 4.79 Å². The largest absolute Gasteiger partial charge is 0.349 e. The van der Waals surface area contributed by atoms with Crippen molar-refractivity contribution in [3.63, 3.8) is 0 Å². The number of hydrogen-bond acceptors (Lipinski definition) is 1. The van der Waals surface area contributed by atoms with Crippen molar-refractivity contribution >= 4 is 21.8 Å². The van der Waals surface area contributed by atoms with E-state index in [0.29, 0.717) is 6.42 Å². The van der Waals surface area contributed by atoms with E-state index in [4.69, 9.17) is 0 Å². The van der Waals surface area contributed by atoms with E-state index in [1.807, 2.05) is 13.0 Å². The summed E-state index contributed by atoms with van der Waals surface area (Å²) in [5.74, 6) is 0.170. The van der Waals surface area contributed by atoms with Crippen molar-refractivity contribution in [2.45, 2.75) is 38.6 Å². The van der Waals surface area contributed by atoms with Crippen LogP contribution in [0.5, 0.6) is 0 Å². The van der Waals surface area contributed by atoms with Gasteiger partial charge in [-0.25, -0.2) is 0 Å². The average molecular weight is 282 g/mol. The predicted octanol–water partition coefficient (Wildman–Crippen LogP) is 3.35. The fraction of sp³-hybridized carbons (Fsp3) is 0.462. The topological polar surface area (TPSA) is 29.1 Å². The maximum absolute atomic E-state index is 11.6. The Bertz CT molecular complexity index is 403. The first kappa shape index (κ1) is 11.6. The molecule has 1 atom stereocenters. The lowest BCUT2D eigenvalue weighted by Crippen LogP contribution is -2.26. The maximum atomic E-state index is 11.6. The second-order valence-corrected chi connectivity index (χ2v) is 5.17. The van der Waals surface area contributed by atoms with Crippen LogP contribution in [0.3, 0.4) is 0 Å². The molecule has 0 spiro atoms. The van der Waals surface area contributed by atoms with Crippen molar-refractivity contribution in [2.24, 2.45) is 0 Å². The highest BCUT2D eigenvalue weighted by Crippen LogP contribution is 2.32. The highest BCUT2D eigenvalue weighted by atomic mass is 79.9. The molecule has 0 fully saturated rings. The second kappa shape index (κ2) is 5.00. The molecular weight excluding hydrogens is 266 g/mol. The minimum Gasteiger partial charge on any atom is -0.349 e. The van der Waals surface area contributed by atoms with Gasteiger partial charge in [0.2, 0.25) is 5.91 Å². The molecule has 0 radical (unpaired) electrons. The molecule has 16 heavy (non-hydrogen) atoms. The van der Waals surface area contributed by atoms with Crippen LogP contribution in [0.1, 0.15) is 43.4 Å². The third kappa shape index (κ3) is 2.46. The van der Waals surface area contributed by atoms with Gasteiger partial charge in [-0.1, -0.05) is 28.9 Å². The molecule has 1 aliphatic carbocycles. The van der Waals surface area contributed by atoms with Gasteiger partial charge in [-0.15, -0.1) is 0 Å². The van der Waals surface area contributed by atoms with E-state index >= 15 is 0 Å². The summed E-state index contributed by atoms with van der Waals surface area (Å²) >= 11 is 3.47. The Morgan fingerprint density at radius 1 is 1.56 bits per heavy atom. The lowest BCUT2D eigenvalue weighted by atomic mass is 10.1. The molecule has 1 aromatic carbocycles. The Balaban J connectivity index is 2.09. The van der Waals surface area contributed by atoms with Crippen LogP contribution in [0.25, 0.3) is 0 Å². The summed E-state index contributed by atoms with van der Waals surface area (Å²) in [5, 5.41) is 3.10. The van der Waals surface area contributed by atoms with Gasteiger partial charge >= 0.3 is 0 Å². The van der Waals surface area contributed by atoms with Crippen LogP contribution in [-0.4, -0.2) is 5.91 Å². The molecule has 2 nitrogen and oxygen atoms in total. The van der Waals surface area contributed by atoms with Crippen LogP contribution in [0, 0.1) is 0 Å². The summed E-state index contributed by atoms with van der Waals surface area (Å²) in [5.41, 5.74) is 2.64. The SMILES string of the molecule is CCCC(=O)NC1CCc2cc(Br)ccc21. The molecule has 1 aromatic rings. The van der Waals surface area contributed by atoms with E-state index in [0.717, 1.165) is 23.7 Å². The van der Waals surface area contributed by atoms with E-state index in [-0.39, 0.29) is 11.9 Å². The summed E-state index contributed by atoms with van der Waals surface area (Å²) in [7, 11) is 0. The fourth-order valence-electron chi connectivity index (χ4n) is 2.23. The number of aryl methyl sites for hydroxylation is 1. The number of fused-ring (bicyclic) bond motifs is 1. The first-order chi connectivity index (χ1) is 7.70. The van der Waals surface area contributed by atoms with Gasteiger partial charge in [-0.2, -0.15) is 0 Å². The van der Waals surface area contributed by atoms with Crippen molar-refractivity contribution in [3.05, 3.63) is 33.8 Å². The lowest BCUT2D eigenvalue weighted by Gasteiger charge is -2.13. The van der Waals surface area contributed by atoms with Crippen LogP contribution < -0.4 is 5.32 Å². The third-order valence-electron chi connectivity index (χ3n) is 3.00. The summed E-state index contributed by atoms with van der Waals surface area (Å²) in [6.07, 6.45) is 3.63. The van der Waals surface area contributed by atoms with Crippen molar-refractivity contribution in [1.29, 1.82) is 0 Å². The minimum atomic E-state index is 0.170. The Hall–Kier alpha value is -0.830. The van der Waals surface area contributed by atoms with Gasteiger partial charge < -0.3 is 5.32 Å². The molecule has 0 bridgehead atoms. The molecule has 0 aromatic heterocycles. The molecule has 86 valence electrons. The van der Waals surface area contributed by atoms with Crippen LogP contribution in [0.15, 0.2) is 22.7 Å². The number of hydrogen-bond donors (Lipinski definition) is 1. The summed E-state index contributed by atoms with van der Waals surface area (Å²) in [4.78, 5) is 11.6. The molecule has 3 heteroatoms. The zero-order chi connectivity index (χ0) is 11.5. The molecular formula is C13H16BrNO. The molecule has 1 aliphatic rings. The Labute approximate surface area is 105 Å². The zero-order valence-corrected chi connectivity index (χ0v) is 11.0. The zero-order valence-electron chi connectivity index (χ0n) is 9.42. The Morgan fingerprint density at radius 2 is 2.38 bits per heavy atom. The molecule has 0 heterocycles. The fourth-order valence-corrected chi connectivity index (χ4v) is 2.64. The number of rotatable bonds is 3. The molecule has 0 aliphatic heterocycles. The smallest absolute Gasteiger partial charge is 0.220 e. The Kier molecular flexibility index (Phi) is 3.64. The molecule has 1 unspecified atom stereocenters. The first-order valence-electron chi connectivity index (χ1n) is 5.78. The third-order valence-corrected chi connectivity index (χ3v) is 3.49. The highest BCUT2D eigenvalue weighted by molar-refractivity contribution is 9.10. The summed E-state index contributed by atoms with van der Waals surface area (Å²) in [6, 6.07) is 6.54. The number of halogens is 1. The highest BCUT2D eigenvalue weighted by Gasteiger charge is 2.23. The van der Waals surface area contributed by atoms with Gasteiger partial charge in [0.05, 0.1) is 6.04 Å². The molecule has 1 amide bonds. The van der Waals surface area contributed by atoms with Gasteiger partial charge in [0, 0.05) is 10.9 Å². The number of nitrogens with one attached hydrogen (secondary N) is 1. The lowest BCUT2D eigenvalue weighted by molar-refractivity contribution is -0.121. The second-order valence-electron chi connectivity index (χ2n) is 4.25. The van der Waals surface area contributed by atoms with Gasteiger partial charge in [-0.3, -0.25) is 4.79 Å². The predicted molar refractivity (Wildman–Crippen MR) is 68.3 cm³/mol. The number of carbonyl (C=O) groups is 1. The van der Waals surface area contributed by atoms with Crippen molar-refractivity contribution < 1.29 is 4.79 Å². The van der Waals surface area contributed by atoms with E-state index in [1.54, 1.807) is 0 Å². The summed E-state index contributed by atoms with van der Waals surface area (Å²) < 4.78 is 1.12. The van der Waals surface area contributed by atoms with E-state index in [2.05, 4.69) is 33.4 Å².